The second-order valence-electron chi connectivity index (χ2n) is 4.58. The largest absolute Gasteiger partial charge is 0.477 e. The van der Waals surface area contributed by atoms with E-state index in [2.05, 4.69) is 5.32 Å². The molecule has 1 aliphatic rings. The summed E-state index contributed by atoms with van der Waals surface area (Å²) >= 11 is 0.974. The summed E-state index contributed by atoms with van der Waals surface area (Å²) in [5.74, 6) is -1.21. The lowest BCUT2D eigenvalue weighted by Crippen LogP contribution is -2.53. The molecular formula is C13H17N3O4S. The number of amides is 3. The molecule has 0 bridgehead atoms. The van der Waals surface area contributed by atoms with E-state index < -0.39 is 5.97 Å². The minimum atomic E-state index is -1.03. The molecule has 2 N–H and O–H groups in total. The molecule has 114 valence electrons. The maximum Gasteiger partial charge on any atom is 0.345 e. The van der Waals surface area contributed by atoms with Gasteiger partial charge in [-0.3, -0.25) is 4.79 Å². The van der Waals surface area contributed by atoms with Crippen LogP contribution in [-0.2, 0) is 0 Å². The maximum absolute atomic E-state index is 12.3. The second-order valence-corrected chi connectivity index (χ2v) is 5.67. The summed E-state index contributed by atoms with van der Waals surface area (Å²) < 4.78 is 0. The van der Waals surface area contributed by atoms with Crippen LogP contribution in [0.1, 0.15) is 26.3 Å². The third kappa shape index (κ3) is 3.52. The lowest BCUT2D eigenvalue weighted by atomic mass is 10.3. The SMILES string of the molecule is CCNC(=O)N1CCN(C(=O)c2ccc(C(=O)O)s2)CC1. The highest BCUT2D eigenvalue weighted by Gasteiger charge is 2.25. The normalized spacial score (nSPS) is 14.9. The number of carboxylic acids is 1. The molecule has 0 aliphatic carbocycles. The fourth-order valence-electron chi connectivity index (χ4n) is 2.10. The van der Waals surface area contributed by atoms with Gasteiger partial charge in [0, 0.05) is 32.7 Å². The minimum Gasteiger partial charge on any atom is -0.477 e. The Bertz CT molecular complexity index is 549. The Hall–Kier alpha value is -2.09. The van der Waals surface area contributed by atoms with Crippen LogP contribution >= 0.6 is 11.3 Å². The van der Waals surface area contributed by atoms with Crippen LogP contribution in [0.2, 0.25) is 0 Å². The zero-order valence-corrected chi connectivity index (χ0v) is 12.5. The molecule has 2 heterocycles. The summed E-state index contributed by atoms with van der Waals surface area (Å²) in [5, 5.41) is 11.6. The van der Waals surface area contributed by atoms with E-state index in [0.717, 1.165) is 11.3 Å². The Labute approximate surface area is 126 Å². The van der Waals surface area contributed by atoms with Crippen molar-refractivity contribution in [3.05, 3.63) is 21.9 Å². The van der Waals surface area contributed by atoms with Crippen molar-refractivity contribution < 1.29 is 19.5 Å². The molecule has 1 fully saturated rings. The van der Waals surface area contributed by atoms with E-state index in [4.69, 9.17) is 5.11 Å². The first-order chi connectivity index (χ1) is 10.0. The lowest BCUT2D eigenvalue weighted by Gasteiger charge is -2.34. The fraction of sp³-hybridized carbons (Fsp3) is 0.462. The van der Waals surface area contributed by atoms with Gasteiger partial charge in [0.25, 0.3) is 5.91 Å². The van der Waals surface area contributed by atoms with E-state index >= 15 is 0 Å². The number of piperazine rings is 1. The molecule has 1 aromatic rings. The summed E-state index contributed by atoms with van der Waals surface area (Å²) in [6.45, 7) is 4.30. The van der Waals surface area contributed by atoms with E-state index in [-0.39, 0.29) is 16.8 Å². The van der Waals surface area contributed by atoms with Crippen molar-refractivity contribution in [2.24, 2.45) is 0 Å². The first-order valence-corrected chi connectivity index (χ1v) is 7.49. The van der Waals surface area contributed by atoms with E-state index in [1.165, 1.54) is 12.1 Å². The molecule has 7 nitrogen and oxygen atoms in total. The molecule has 0 unspecified atom stereocenters. The topological polar surface area (TPSA) is 90.0 Å². The Morgan fingerprint density at radius 3 is 2.24 bits per heavy atom. The van der Waals surface area contributed by atoms with Crippen LogP contribution in [0, 0.1) is 0 Å². The standard InChI is InChI=1S/C13H17N3O4S/c1-2-14-13(20)16-7-5-15(6-8-16)11(17)9-3-4-10(21-9)12(18)19/h3-4H,2,5-8H2,1H3,(H,14,20)(H,18,19). The molecule has 0 radical (unpaired) electrons. The van der Waals surface area contributed by atoms with Gasteiger partial charge in [-0.2, -0.15) is 0 Å². The highest BCUT2D eigenvalue weighted by molar-refractivity contribution is 7.15. The number of hydrogen-bond acceptors (Lipinski definition) is 4. The fourth-order valence-corrected chi connectivity index (χ4v) is 2.91. The Kier molecular flexibility index (Phi) is 4.79. The van der Waals surface area contributed by atoms with Crippen LogP contribution in [0.15, 0.2) is 12.1 Å². The van der Waals surface area contributed by atoms with Gasteiger partial charge in [-0.15, -0.1) is 11.3 Å². The molecule has 1 aromatic heterocycles. The summed E-state index contributed by atoms with van der Waals surface area (Å²) in [7, 11) is 0. The van der Waals surface area contributed by atoms with Crippen LogP contribution < -0.4 is 5.32 Å². The summed E-state index contributed by atoms with van der Waals surface area (Å²) in [6.07, 6.45) is 0. The first-order valence-electron chi connectivity index (χ1n) is 6.68. The number of carbonyl (C=O) groups is 3. The molecule has 0 atom stereocenters. The third-order valence-corrected chi connectivity index (χ3v) is 4.27. The molecule has 21 heavy (non-hydrogen) atoms. The molecule has 1 saturated heterocycles. The highest BCUT2D eigenvalue weighted by atomic mass is 32.1. The summed E-state index contributed by atoms with van der Waals surface area (Å²) in [4.78, 5) is 38.6. The number of aromatic carboxylic acids is 1. The van der Waals surface area contributed by atoms with Gasteiger partial charge in [-0.25, -0.2) is 9.59 Å². The van der Waals surface area contributed by atoms with Crippen molar-refractivity contribution in [3.8, 4) is 0 Å². The molecule has 0 spiro atoms. The number of rotatable bonds is 3. The van der Waals surface area contributed by atoms with Crippen molar-refractivity contribution in [2.75, 3.05) is 32.7 Å². The maximum atomic E-state index is 12.3. The number of hydrogen-bond donors (Lipinski definition) is 2. The van der Waals surface area contributed by atoms with Gasteiger partial charge in [-0.1, -0.05) is 0 Å². The smallest absolute Gasteiger partial charge is 0.345 e. The van der Waals surface area contributed by atoms with Crippen LogP contribution in [0.5, 0.6) is 0 Å². The number of carbonyl (C=O) groups excluding carboxylic acids is 2. The monoisotopic (exact) mass is 311 g/mol. The van der Waals surface area contributed by atoms with E-state index in [9.17, 15) is 14.4 Å². The van der Waals surface area contributed by atoms with Crippen LogP contribution in [0.25, 0.3) is 0 Å². The zero-order valence-electron chi connectivity index (χ0n) is 11.7. The van der Waals surface area contributed by atoms with Crippen molar-refractivity contribution in [1.82, 2.24) is 15.1 Å². The van der Waals surface area contributed by atoms with E-state index in [1.54, 1.807) is 9.80 Å². The van der Waals surface area contributed by atoms with Crippen molar-refractivity contribution in [3.63, 3.8) is 0 Å². The molecular weight excluding hydrogens is 294 g/mol. The summed E-state index contributed by atoms with van der Waals surface area (Å²) in [6, 6.07) is 2.85. The van der Waals surface area contributed by atoms with Crippen molar-refractivity contribution >= 4 is 29.2 Å². The second kappa shape index (κ2) is 6.57. The van der Waals surface area contributed by atoms with Crippen LogP contribution in [0.4, 0.5) is 4.79 Å². The molecule has 0 aromatic carbocycles. The lowest BCUT2D eigenvalue weighted by molar-refractivity contribution is 0.0669. The van der Waals surface area contributed by atoms with E-state index in [0.29, 0.717) is 37.6 Å². The van der Waals surface area contributed by atoms with Gasteiger partial charge in [0.2, 0.25) is 0 Å². The molecule has 1 aliphatic heterocycles. The van der Waals surface area contributed by atoms with Gasteiger partial charge in [0.15, 0.2) is 0 Å². The van der Waals surface area contributed by atoms with Crippen LogP contribution in [-0.4, -0.2) is 65.5 Å². The quantitative estimate of drug-likeness (QED) is 0.869. The predicted molar refractivity (Wildman–Crippen MR) is 77.8 cm³/mol. The first kappa shape index (κ1) is 15.3. The Morgan fingerprint density at radius 1 is 1.14 bits per heavy atom. The number of carboxylic acid groups (broad SMARTS) is 1. The summed E-state index contributed by atoms with van der Waals surface area (Å²) in [5.41, 5.74) is 0. The van der Waals surface area contributed by atoms with Gasteiger partial charge >= 0.3 is 12.0 Å². The number of nitrogens with zero attached hydrogens (tertiary/aromatic N) is 2. The number of nitrogens with one attached hydrogen (secondary N) is 1. The Morgan fingerprint density at radius 2 is 1.71 bits per heavy atom. The number of thiophene rings is 1. The van der Waals surface area contributed by atoms with E-state index in [1.807, 2.05) is 6.92 Å². The molecule has 8 heteroatoms. The van der Waals surface area contributed by atoms with Gasteiger partial charge < -0.3 is 20.2 Å². The Balaban J connectivity index is 1.93. The molecule has 2 rings (SSSR count). The minimum absolute atomic E-state index is 0.117. The van der Waals surface area contributed by atoms with Crippen molar-refractivity contribution in [2.45, 2.75) is 6.92 Å². The molecule has 0 saturated carbocycles. The van der Waals surface area contributed by atoms with Gasteiger partial charge in [-0.05, 0) is 19.1 Å². The zero-order chi connectivity index (χ0) is 15.4. The van der Waals surface area contributed by atoms with Crippen LogP contribution in [0.3, 0.4) is 0 Å². The van der Waals surface area contributed by atoms with Gasteiger partial charge in [0.1, 0.15) is 4.88 Å². The predicted octanol–water partition coefficient (Wildman–Crippen LogP) is 0.934. The number of urea groups is 1. The average Bonchev–Trinajstić information content (AvgIpc) is 2.97. The highest BCUT2D eigenvalue weighted by Crippen LogP contribution is 2.19. The molecule has 3 amide bonds. The van der Waals surface area contributed by atoms with Crippen molar-refractivity contribution in [1.29, 1.82) is 0 Å². The van der Waals surface area contributed by atoms with Gasteiger partial charge in [0.05, 0.1) is 4.88 Å². The average molecular weight is 311 g/mol. The third-order valence-electron chi connectivity index (χ3n) is 3.21.